The molecule has 316 valence electrons. The molecular formula is C48H36F4N6O3S2. The second-order valence-corrected chi connectivity index (χ2v) is 16.6. The van der Waals surface area contributed by atoms with Crippen molar-refractivity contribution in [2.45, 2.75) is 26.4 Å². The molecule has 0 unspecified atom stereocenters. The van der Waals surface area contributed by atoms with Crippen molar-refractivity contribution in [2.24, 2.45) is 0 Å². The highest BCUT2D eigenvalue weighted by Gasteiger charge is 2.26. The van der Waals surface area contributed by atoms with Gasteiger partial charge in [-0.15, -0.1) is 22.7 Å². The Bertz CT molecular complexity index is 2900. The van der Waals surface area contributed by atoms with Crippen molar-refractivity contribution in [2.75, 3.05) is 10.6 Å². The summed E-state index contributed by atoms with van der Waals surface area (Å²) in [6, 6.07) is 24.8. The van der Waals surface area contributed by atoms with Crippen molar-refractivity contribution in [1.82, 2.24) is 19.9 Å². The summed E-state index contributed by atoms with van der Waals surface area (Å²) in [6.45, 7) is 9.43. The first-order valence-corrected chi connectivity index (χ1v) is 20.7. The van der Waals surface area contributed by atoms with Crippen LogP contribution in [-0.2, 0) is 5.60 Å². The Balaban J connectivity index is 0.000000189. The molecule has 8 rings (SSSR count). The predicted molar refractivity (Wildman–Crippen MR) is 240 cm³/mol. The van der Waals surface area contributed by atoms with Crippen LogP contribution in [0, 0.1) is 23.3 Å². The number of benzene rings is 2. The van der Waals surface area contributed by atoms with E-state index in [4.69, 9.17) is 0 Å². The van der Waals surface area contributed by atoms with Gasteiger partial charge in [-0.3, -0.25) is 19.6 Å². The molecule has 0 saturated heterocycles. The van der Waals surface area contributed by atoms with Crippen LogP contribution in [0.15, 0.2) is 141 Å². The molecule has 0 bridgehead atoms. The molecular weight excluding hydrogens is 849 g/mol. The Morgan fingerprint density at radius 2 is 1.05 bits per heavy atom. The highest BCUT2D eigenvalue weighted by molar-refractivity contribution is 7.17. The second kappa shape index (κ2) is 18.8. The third kappa shape index (κ3) is 10.1. The van der Waals surface area contributed by atoms with Crippen LogP contribution in [-0.4, -0.2) is 36.9 Å². The van der Waals surface area contributed by atoms with Gasteiger partial charge in [-0.2, -0.15) is 0 Å². The zero-order valence-electron chi connectivity index (χ0n) is 33.8. The fourth-order valence-corrected chi connectivity index (χ4v) is 8.59. The van der Waals surface area contributed by atoms with E-state index in [9.17, 15) is 32.3 Å². The van der Waals surface area contributed by atoms with E-state index in [0.29, 0.717) is 0 Å². The number of halogens is 4. The minimum Gasteiger partial charge on any atom is -0.385 e. The molecule has 6 heterocycles. The molecule has 0 aliphatic rings. The van der Waals surface area contributed by atoms with Gasteiger partial charge in [-0.1, -0.05) is 30.8 Å². The summed E-state index contributed by atoms with van der Waals surface area (Å²) in [7, 11) is 0. The molecule has 63 heavy (non-hydrogen) atoms. The number of thiophene rings is 2. The summed E-state index contributed by atoms with van der Waals surface area (Å²) >= 11 is 3.07. The number of anilines is 2. The summed E-state index contributed by atoms with van der Waals surface area (Å²) in [6.07, 6.45) is 10.1. The maximum atomic E-state index is 13.8. The average Bonchev–Trinajstić information content (AvgIpc) is 3.92. The van der Waals surface area contributed by atoms with Gasteiger partial charge in [0.2, 0.25) is 0 Å². The first-order chi connectivity index (χ1) is 30.2. The van der Waals surface area contributed by atoms with E-state index in [1.165, 1.54) is 29.7 Å². The number of allylic oxidation sites excluding steroid dienone is 1. The molecule has 2 amide bonds. The van der Waals surface area contributed by atoms with E-state index < -0.39 is 51.8 Å². The lowest BCUT2D eigenvalue weighted by Crippen LogP contribution is -2.16. The number of rotatable bonds is 10. The zero-order chi connectivity index (χ0) is 44.8. The van der Waals surface area contributed by atoms with Crippen LogP contribution in [0.25, 0.3) is 48.7 Å². The van der Waals surface area contributed by atoms with Gasteiger partial charge in [0.15, 0.2) is 0 Å². The molecule has 0 atom stereocenters. The maximum absolute atomic E-state index is 13.8. The van der Waals surface area contributed by atoms with Gasteiger partial charge in [0, 0.05) is 90.1 Å². The number of amides is 2. The minimum atomic E-state index is -1.09. The molecule has 0 spiro atoms. The Labute approximate surface area is 367 Å². The second-order valence-electron chi connectivity index (χ2n) is 14.5. The van der Waals surface area contributed by atoms with Crippen LogP contribution in [0.1, 0.15) is 51.2 Å². The summed E-state index contributed by atoms with van der Waals surface area (Å²) in [5.74, 6) is -5.24. The summed E-state index contributed by atoms with van der Waals surface area (Å²) < 4.78 is 55.3. The molecule has 0 saturated carbocycles. The van der Waals surface area contributed by atoms with E-state index in [0.717, 1.165) is 82.7 Å². The van der Waals surface area contributed by atoms with E-state index in [1.54, 1.807) is 80.4 Å². The molecule has 6 aromatic heterocycles. The molecule has 0 fully saturated rings. The highest BCUT2D eigenvalue weighted by atomic mass is 32.1. The van der Waals surface area contributed by atoms with Crippen LogP contribution in [0.4, 0.5) is 29.2 Å². The van der Waals surface area contributed by atoms with Gasteiger partial charge in [0.05, 0.1) is 5.60 Å². The van der Waals surface area contributed by atoms with Gasteiger partial charge in [-0.25, -0.2) is 27.5 Å². The normalized spacial score (nSPS) is 11.0. The van der Waals surface area contributed by atoms with E-state index >= 15 is 0 Å². The first-order valence-electron chi connectivity index (χ1n) is 19.1. The van der Waals surface area contributed by atoms with Crippen molar-refractivity contribution in [3.8, 4) is 43.1 Å². The number of carbonyl (C=O) groups is 2. The van der Waals surface area contributed by atoms with Crippen LogP contribution >= 0.6 is 22.7 Å². The summed E-state index contributed by atoms with van der Waals surface area (Å²) in [5.41, 5.74) is 3.77. The third-order valence-electron chi connectivity index (χ3n) is 9.31. The molecule has 15 heteroatoms. The average molecular weight is 885 g/mol. The smallest absolute Gasteiger partial charge is 0.262 e. The van der Waals surface area contributed by atoms with Crippen molar-refractivity contribution in [1.29, 1.82) is 0 Å². The molecule has 0 aliphatic carbocycles. The minimum absolute atomic E-state index is 0.147. The number of pyridine rings is 4. The quantitative estimate of drug-likeness (QED) is 0.117. The number of carbonyl (C=O) groups excluding carboxylic acids is 2. The van der Waals surface area contributed by atoms with Crippen LogP contribution in [0.3, 0.4) is 0 Å². The monoisotopic (exact) mass is 884 g/mol. The lowest BCUT2D eigenvalue weighted by molar-refractivity contribution is 0.0830. The standard InChI is InChI=1S/C24H19F2N3O2S.C24H17F2N3OS/c1-24(2,31)22-16(11-19(32-22)15-5-4-10-27-12-15)14-8-9-20(28-13-14)29-23(30)21-17(25)6-3-7-18(21)26;1-14(2)23-17(11-20(31-23)16-5-4-10-27-12-16)15-8-9-21(28-13-15)29-24(30)22-18(25)6-3-7-19(22)26/h3-13,31H,1-2H3,(H,28,29,30);3-13H,1H2,2H3,(H,28,29,30). The lowest BCUT2D eigenvalue weighted by atomic mass is 9.98. The number of aromatic nitrogens is 4. The number of nitrogens with one attached hydrogen (secondary N) is 2. The third-order valence-corrected chi connectivity index (χ3v) is 12.2. The van der Waals surface area contributed by atoms with Crippen molar-refractivity contribution >= 4 is 51.7 Å². The number of aliphatic hydroxyl groups is 1. The Morgan fingerprint density at radius 3 is 1.44 bits per heavy atom. The maximum Gasteiger partial charge on any atom is 0.262 e. The highest BCUT2D eigenvalue weighted by Crippen LogP contribution is 2.43. The van der Waals surface area contributed by atoms with Crippen LogP contribution < -0.4 is 10.6 Å². The van der Waals surface area contributed by atoms with E-state index in [-0.39, 0.29) is 11.6 Å². The molecule has 0 radical (unpaired) electrons. The molecule has 2 aromatic carbocycles. The van der Waals surface area contributed by atoms with Crippen LogP contribution in [0.2, 0.25) is 0 Å². The largest absolute Gasteiger partial charge is 0.385 e. The molecule has 8 aromatic rings. The topological polar surface area (TPSA) is 130 Å². The van der Waals surface area contributed by atoms with Gasteiger partial charge in [0.1, 0.15) is 46.0 Å². The van der Waals surface area contributed by atoms with Crippen molar-refractivity contribution in [3.05, 3.63) is 185 Å². The van der Waals surface area contributed by atoms with Gasteiger partial charge in [0.25, 0.3) is 11.8 Å². The predicted octanol–water partition coefficient (Wildman–Crippen LogP) is 12.1. The zero-order valence-corrected chi connectivity index (χ0v) is 35.4. The van der Waals surface area contributed by atoms with E-state index in [2.05, 4.69) is 43.2 Å². The Hall–Kier alpha value is -7.20. The fraction of sp³-hybridized carbons (Fsp3) is 0.0833. The summed E-state index contributed by atoms with van der Waals surface area (Å²) in [5, 5.41) is 15.5. The van der Waals surface area contributed by atoms with Crippen molar-refractivity contribution in [3.63, 3.8) is 0 Å². The Kier molecular flexibility index (Phi) is 13.1. The molecule has 0 aliphatic heterocycles. The molecule has 9 nitrogen and oxygen atoms in total. The number of hydrogen-bond donors (Lipinski definition) is 3. The van der Waals surface area contributed by atoms with Gasteiger partial charge >= 0.3 is 0 Å². The molecule has 3 N–H and O–H groups in total. The van der Waals surface area contributed by atoms with Crippen LogP contribution in [0.5, 0.6) is 0 Å². The van der Waals surface area contributed by atoms with Crippen molar-refractivity contribution < 1.29 is 32.3 Å². The fourth-order valence-electron chi connectivity index (χ4n) is 6.33. The van der Waals surface area contributed by atoms with Gasteiger partial charge < -0.3 is 15.7 Å². The lowest BCUT2D eigenvalue weighted by Gasteiger charge is -2.17. The van der Waals surface area contributed by atoms with E-state index in [1.807, 2.05) is 37.3 Å². The number of hydrogen-bond acceptors (Lipinski definition) is 9. The SMILES string of the molecule is C=C(C)c1sc(-c2cccnc2)cc1-c1ccc(NC(=O)c2c(F)cccc2F)nc1.CC(C)(O)c1sc(-c2cccnc2)cc1-c1ccc(NC(=O)c2c(F)cccc2F)nc1. The van der Waals surface area contributed by atoms with Gasteiger partial charge in [-0.05, 0) is 99.1 Å². The summed E-state index contributed by atoms with van der Waals surface area (Å²) in [4.78, 5) is 45.1. The Morgan fingerprint density at radius 1 is 0.603 bits per heavy atom. The first kappa shape index (κ1) is 43.9. The number of nitrogens with zero attached hydrogens (tertiary/aromatic N) is 4.